The van der Waals surface area contributed by atoms with Gasteiger partial charge in [0.25, 0.3) is 0 Å². The highest BCUT2D eigenvalue weighted by atomic mass is 32.2. The molecule has 9 heteroatoms. The second kappa shape index (κ2) is 6.75. The number of allylic oxidation sites excluding steroid dienone is 1. The predicted octanol–water partition coefficient (Wildman–Crippen LogP) is 1.57. The molecule has 0 bridgehead atoms. The van der Waals surface area contributed by atoms with E-state index >= 15 is 0 Å². The Hall–Kier alpha value is -2.78. The van der Waals surface area contributed by atoms with E-state index in [-0.39, 0.29) is 0 Å². The number of pyridine rings is 1. The van der Waals surface area contributed by atoms with E-state index < -0.39 is 10.0 Å². The summed E-state index contributed by atoms with van der Waals surface area (Å²) in [5.74, 6) is 0.437. The summed E-state index contributed by atoms with van der Waals surface area (Å²) in [7, 11) is -3.17. The van der Waals surface area contributed by atoms with Crippen molar-refractivity contribution < 1.29 is 8.42 Å². The number of benzene rings is 1. The Morgan fingerprint density at radius 1 is 1.30 bits per heavy atom. The maximum absolute atomic E-state index is 11.1. The van der Waals surface area contributed by atoms with Crippen molar-refractivity contribution in [1.29, 1.82) is 0 Å². The number of aryl methyl sites for hydroxylation is 1. The number of hydrogen-bond donors (Lipinski definition) is 2. The van der Waals surface area contributed by atoms with E-state index in [1.54, 1.807) is 4.68 Å². The standard InChI is InChI=1S/C18H20N6O2S/c1-27(25,26)21-6-2-8-24-11-15-17(23-24)14-4-3-12(13-5-7-20-10-13)9-16(14)22-18(15)19/h3-5,7,9,11,21H,2,6,8,10H2,1H3,(H2,19,22). The monoisotopic (exact) mass is 384 g/mol. The van der Waals surface area contributed by atoms with Crippen molar-refractivity contribution in [1.82, 2.24) is 19.5 Å². The van der Waals surface area contributed by atoms with Gasteiger partial charge in [0.15, 0.2) is 0 Å². The summed E-state index contributed by atoms with van der Waals surface area (Å²) in [5.41, 5.74) is 9.99. The summed E-state index contributed by atoms with van der Waals surface area (Å²) in [6.45, 7) is 1.63. The van der Waals surface area contributed by atoms with E-state index in [1.807, 2.05) is 30.6 Å². The number of nitrogens with zero attached hydrogens (tertiary/aromatic N) is 4. The molecule has 0 radical (unpaired) electrons. The maximum Gasteiger partial charge on any atom is 0.208 e. The molecule has 27 heavy (non-hydrogen) atoms. The van der Waals surface area contributed by atoms with Crippen LogP contribution in [-0.2, 0) is 16.6 Å². The number of nitrogens with one attached hydrogen (secondary N) is 1. The number of aliphatic imine (C=N–C) groups is 1. The maximum atomic E-state index is 11.1. The van der Waals surface area contributed by atoms with Crippen LogP contribution in [0, 0.1) is 0 Å². The van der Waals surface area contributed by atoms with E-state index in [1.165, 1.54) is 0 Å². The van der Waals surface area contributed by atoms with Gasteiger partial charge in [-0.05, 0) is 35.8 Å². The normalized spacial score (nSPS) is 14.3. The molecule has 3 heterocycles. The number of nitrogens with two attached hydrogens (primary N) is 1. The first kappa shape index (κ1) is 17.6. The van der Waals surface area contributed by atoms with Gasteiger partial charge in [-0.1, -0.05) is 6.07 Å². The van der Waals surface area contributed by atoms with Gasteiger partial charge in [0, 0.05) is 30.9 Å². The van der Waals surface area contributed by atoms with E-state index in [2.05, 4.69) is 25.9 Å². The number of anilines is 1. The van der Waals surface area contributed by atoms with E-state index in [9.17, 15) is 8.42 Å². The van der Waals surface area contributed by atoms with Gasteiger partial charge in [-0.25, -0.2) is 18.1 Å². The zero-order chi connectivity index (χ0) is 19.0. The first-order valence-corrected chi connectivity index (χ1v) is 10.5. The quantitative estimate of drug-likeness (QED) is 0.626. The van der Waals surface area contributed by atoms with Crippen LogP contribution >= 0.6 is 0 Å². The highest BCUT2D eigenvalue weighted by Crippen LogP contribution is 2.29. The van der Waals surface area contributed by atoms with Gasteiger partial charge in [-0.3, -0.25) is 9.67 Å². The number of rotatable bonds is 6. The second-order valence-electron chi connectivity index (χ2n) is 6.59. The van der Waals surface area contributed by atoms with Crippen LogP contribution in [0.1, 0.15) is 12.0 Å². The van der Waals surface area contributed by atoms with Crippen LogP contribution in [0.25, 0.3) is 27.4 Å². The summed E-state index contributed by atoms with van der Waals surface area (Å²) in [4.78, 5) is 8.76. The smallest absolute Gasteiger partial charge is 0.208 e. The van der Waals surface area contributed by atoms with E-state index in [0.717, 1.165) is 39.2 Å². The van der Waals surface area contributed by atoms with Crippen LogP contribution in [-0.4, -0.2) is 48.7 Å². The molecule has 1 aliphatic heterocycles. The fourth-order valence-electron chi connectivity index (χ4n) is 3.17. The lowest BCUT2D eigenvalue weighted by Crippen LogP contribution is -2.23. The average Bonchev–Trinajstić information content (AvgIpc) is 3.28. The van der Waals surface area contributed by atoms with Crippen molar-refractivity contribution in [3.63, 3.8) is 0 Å². The molecule has 0 spiro atoms. The molecule has 3 aromatic rings. The van der Waals surface area contributed by atoms with Crippen LogP contribution in [0.3, 0.4) is 0 Å². The van der Waals surface area contributed by atoms with Crippen LogP contribution in [0.4, 0.5) is 5.82 Å². The largest absolute Gasteiger partial charge is 0.383 e. The summed E-state index contributed by atoms with van der Waals surface area (Å²) in [6.07, 6.45) is 7.45. The SMILES string of the molecule is CS(=O)(=O)NCCCn1cc2c(N)nc3cc(C4=CC=NC4)ccc3c2n1. The molecule has 3 N–H and O–H groups in total. The highest BCUT2D eigenvalue weighted by molar-refractivity contribution is 7.88. The first-order chi connectivity index (χ1) is 12.9. The van der Waals surface area contributed by atoms with Gasteiger partial charge in [0.05, 0.1) is 23.7 Å². The van der Waals surface area contributed by atoms with Gasteiger partial charge in [-0.2, -0.15) is 5.10 Å². The minimum absolute atomic E-state index is 0.365. The van der Waals surface area contributed by atoms with Gasteiger partial charge in [0.2, 0.25) is 10.0 Å². The van der Waals surface area contributed by atoms with Crippen LogP contribution in [0.5, 0.6) is 0 Å². The molecule has 1 aromatic carbocycles. The molecule has 2 aromatic heterocycles. The lowest BCUT2D eigenvalue weighted by Gasteiger charge is -2.05. The Balaban J connectivity index is 1.64. The van der Waals surface area contributed by atoms with Crippen LogP contribution in [0.2, 0.25) is 0 Å². The molecule has 0 saturated heterocycles. The molecule has 8 nitrogen and oxygen atoms in total. The molecule has 4 rings (SSSR count). The summed E-state index contributed by atoms with van der Waals surface area (Å²) in [5, 5.41) is 6.38. The molecule has 0 aliphatic carbocycles. The number of sulfonamides is 1. The average molecular weight is 384 g/mol. The summed E-state index contributed by atoms with van der Waals surface area (Å²) >= 11 is 0. The van der Waals surface area contributed by atoms with E-state index in [4.69, 9.17) is 5.73 Å². The molecule has 0 atom stereocenters. The lowest BCUT2D eigenvalue weighted by molar-refractivity contribution is 0.558. The van der Waals surface area contributed by atoms with Crippen molar-refractivity contribution >= 4 is 49.4 Å². The molecular formula is C18H20N6O2S. The van der Waals surface area contributed by atoms with Crippen molar-refractivity contribution in [3.05, 3.63) is 36.0 Å². The van der Waals surface area contributed by atoms with Crippen LogP contribution in [0.15, 0.2) is 35.5 Å². The van der Waals surface area contributed by atoms with Gasteiger partial charge in [0.1, 0.15) is 11.3 Å². The number of hydrogen-bond acceptors (Lipinski definition) is 6. The van der Waals surface area contributed by atoms with Crippen molar-refractivity contribution in [2.24, 2.45) is 4.99 Å². The van der Waals surface area contributed by atoms with Crippen LogP contribution < -0.4 is 10.5 Å². The Labute approximate surface area is 156 Å². The molecule has 1 aliphatic rings. The second-order valence-corrected chi connectivity index (χ2v) is 8.42. The molecule has 0 fully saturated rings. The lowest BCUT2D eigenvalue weighted by atomic mass is 10.0. The fourth-order valence-corrected chi connectivity index (χ4v) is 3.68. The van der Waals surface area contributed by atoms with Crippen molar-refractivity contribution in [2.75, 3.05) is 25.1 Å². The Bertz CT molecular complexity index is 1190. The summed E-state index contributed by atoms with van der Waals surface area (Å²) < 4.78 is 26.5. The molecule has 140 valence electrons. The fraction of sp³-hybridized carbons (Fsp3) is 0.278. The third-order valence-electron chi connectivity index (χ3n) is 4.47. The Morgan fingerprint density at radius 2 is 2.15 bits per heavy atom. The van der Waals surface area contributed by atoms with E-state index in [0.29, 0.717) is 31.9 Å². The van der Waals surface area contributed by atoms with Gasteiger partial charge >= 0.3 is 0 Å². The minimum Gasteiger partial charge on any atom is -0.383 e. The molecule has 0 amide bonds. The predicted molar refractivity (Wildman–Crippen MR) is 108 cm³/mol. The number of fused-ring (bicyclic) bond motifs is 3. The zero-order valence-electron chi connectivity index (χ0n) is 14.9. The first-order valence-electron chi connectivity index (χ1n) is 8.61. The zero-order valence-corrected chi connectivity index (χ0v) is 15.7. The minimum atomic E-state index is -3.17. The summed E-state index contributed by atoms with van der Waals surface area (Å²) in [6, 6.07) is 6.08. The number of aromatic nitrogens is 3. The van der Waals surface area contributed by atoms with Gasteiger partial charge in [-0.15, -0.1) is 0 Å². The molecular weight excluding hydrogens is 364 g/mol. The third-order valence-corrected chi connectivity index (χ3v) is 5.20. The third kappa shape index (κ3) is 3.69. The highest BCUT2D eigenvalue weighted by Gasteiger charge is 2.13. The molecule has 0 unspecified atom stereocenters. The molecule has 0 saturated carbocycles. The Kier molecular flexibility index (Phi) is 4.40. The van der Waals surface area contributed by atoms with Crippen molar-refractivity contribution in [3.8, 4) is 0 Å². The Morgan fingerprint density at radius 3 is 2.89 bits per heavy atom. The van der Waals surface area contributed by atoms with Gasteiger partial charge < -0.3 is 5.73 Å². The van der Waals surface area contributed by atoms with Crippen molar-refractivity contribution in [2.45, 2.75) is 13.0 Å². The topological polar surface area (TPSA) is 115 Å². The number of nitrogen functional groups attached to an aromatic ring is 1.